The van der Waals surface area contributed by atoms with E-state index < -0.39 is 53.5 Å². The lowest BCUT2D eigenvalue weighted by molar-refractivity contribution is -0.400. The molecule has 0 amide bonds. The van der Waals surface area contributed by atoms with E-state index in [1.165, 1.54) is 30.3 Å². The number of thiophene rings is 1. The highest BCUT2D eigenvalue weighted by Crippen LogP contribution is 2.58. The molecule has 0 saturated carbocycles. The lowest BCUT2D eigenvalue weighted by atomic mass is 9.71. The zero-order valence-electron chi connectivity index (χ0n) is 14.1. The minimum absolute atomic E-state index is 0.220. The number of hydrogen-bond donors (Lipinski definition) is 0. The molecule has 3 rings (SSSR count). The molecule has 0 saturated heterocycles. The Labute approximate surface area is 162 Å². The van der Waals surface area contributed by atoms with Crippen LogP contribution in [-0.2, 0) is 0 Å². The maximum Gasteiger partial charge on any atom is 0.460 e. The second-order valence-electron chi connectivity index (χ2n) is 6.58. The van der Waals surface area contributed by atoms with Gasteiger partial charge in [-0.25, -0.2) is 0 Å². The van der Waals surface area contributed by atoms with Crippen LogP contribution >= 0.6 is 11.3 Å². The third-order valence-corrected chi connectivity index (χ3v) is 5.87. The van der Waals surface area contributed by atoms with Gasteiger partial charge in [0.15, 0.2) is 5.78 Å². The number of ketones is 1. The average Bonchev–Trinajstić information content (AvgIpc) is 3.15. The van der Waals surface area contributed by atoms with Crippen molar-refractivity contribution in [2.24, 2.45) is 5.92 Å². The summed E-state index contributed by atoms with van der Waals surface area (Å²) in [6.07, 6.45) is -7.96. The second kappa shape index (κ2) is 6.75. The van der Waals surface area contributed by atoms with Crippen molar-refractivity contribution in [3.8, 4) is 0 Å². The molecule has 0 radical (unpaired) electrons. The molecule has 2 atom stereocenters. The molecule has 158 valence electrons. The van der Waals surface area contributed by atoms with Crippen LogP contribution < -0.4 is 0 Å². The molecule has 1 aromatic heterocycles. The molecule has 11 heteroatoms. The van der Waals surface area contributed by atoms with Gasteiger partial charge in [-0.1, -0.05) is 30.3 Å². The van der Waals surface area contributed by atoms with Gasteiger partial charge in [-0.2, -0.15) is 39.5 Å². The first-order valence-electron chi connectivity index (χ1n) is 8.10. The highest BCUT2D eigenvalue weighted by molar-refractivity contribution is 7.10. The highest BCUT2D eigenvalue weighted by atomic mass is 32.1. The number of Topliss-reactive ketones (excluding diaryl/α,β-unsaturated/α-hetero) is 1. The summed E-state index contributed by atoms with van der Waals surface area (Å²) in [6, 6.07) is 8.18. The van der Waals surface area contributed by atoms with Crippen LogP contribution in [0.15, 0.2) is 41.8 Å². The summed E-state index contributed by atoms with van der Waals surface area (Å²) in [6.45, 7) is 0. The van der Waals surface area contributed by atoms with Crippen LogP contribution in [0.1, 0.15) is 33.1 Å². The Morgan fingerprint density at radius 3 is 2.00 bits per heavy atom. The summed E-state index contributed by atoms with van der Waals surface area (Å²) in [4.78, 5) is 12.9. The monoisotopic (exact) mass is 446 g/mol. The second-order valence-corrected chi connectivity index (χ2v) is 7.56. The number of fused-ring (bicyclic) bond motifs is 1. The molecular formula is C18H11F9OS. The number of carbonyl (C=O) groups excluding carboxylic acids is 1. The number of alkyl halides is 9. The van der Waals surface area contributed by atoms with E-state index >= 15 is 0 Å². The zero-order chi connectivity index (χ0) is 21.8. The maximum absolute atomic E-state index is 14.5. The number of halogens is 9. The van der Waals surface area contributed by atoms with Crippen molar-refractivity contribution in [3.63, 3.8) is 0 Å². The van der Waals surface area contributed by atoms with E-state index in [-0.39, 0.29) is 5.56 Å². The molecule has 0 bridgehead atoms. The van der Waals surface area contributed by atoms with Gasteiger partial charge in [0.2, 0.25) is 0 Å². The van der Waals surface area contributed by atoms with Crippen LogP contribution in [0, 0.1) is 5.92 Å². The Bertz CT molecular complexity index is 902. The van der Waals surface area contributed by atoms with Gasteiger partial charge < -0.3 is 0 Å². The van der Waals surface area contributed by atoms with E-state index in [1.807, 2.05) is 0 Å². The number of rotatable bonds is 4. The van der Waals surface area contributed by atoms with E-state index in [1.54, 1.807) is 5.38 Å². The van der Waals surface area contributed by atoms with Crippen LogP contribution in [0.2, 0.25) is 0 Å². The molecule has 29 heavy (non-hydrogen) atoms. The van der Waals surface area contributed by atoms with Crippen molar-refractivity contribution in [2.75, 3.05) is 0 Å². The molecule has 1 aromatic carbocycles. The predicted molar refractivity (Wildman–Crippen MR) is 85.9 cm³/mol. The SMILES string of the molecule is O=C1c2ccccc2C(c2cccs2)CC1C(F)(F)C(F)(F)C(F)(F)C(F)(F)F. The summed E-state index contributed by atoms with van der Waals surface area (Å²) in [7, 11) is 0. The summed E-state index contributed by atoms with van der Waals surface area (Å²) in [5.74, 6) is -25.5. The van der Waals surface area contributed by atoms with Gasteiger partial charge in [0.05, 0.1) is 5.92 Å². The molecule has 0 N–H and O–H groups in total. The van der Waals surface area contributed by atoms with Crippen LogP contribution in [0.4, 0.5) is 39.5 Å². The van der Waals surface area contributed by atoms with Gasteiger partial charge in [0, 0.05) is 16.4 Å². The lowest BCUT2D eigenvalue weighted by Crippen LogP contribution is -2.64. The molecule has 1 heterocycles. The Balaban J connectivity index is 2.12. The zero-order valence-corrected chi connectivity index (χ0v) is 14.9. The summed E-state index contributed by atoms with van der Waals surface area (Å²) >= 11 is 1.05. The number of hydrogen-bond acceptors (Lipinski definition) is 2. The fourth-order valence-electron chi connectivity index (χ4n) is 3.36. The van der Waals surface area contributed by atoms with Crippen molar-refractivity contribution >= 4 is 17.1 Å². The van der Waals surface area contributed by atoms with Gasteiger partial charge in [-0.05, 0) is 23.4 Å². The van der Waals surface area contributed by atoms with Crippen LogP contribution in [0.3, 0.4) is 0 Å². The molecule has 0 aliphatic heterocycles. The Morgan fingerprint density at radius 2 is 1.45 bits per heavy atom. The lowest BCUT2D eigenvalue weighted by Gasteiger charge is -2.40. The van der Waals surface area contributed by atoms with Gasteiger partial charge in [-0.3, -0.25) is 4.79 Å². The summed E-state index contributed by atoms with van der Waals surface area (Å²) in [5, 5.41) is 1.55. The first-order valence-corrected chi connectivity index (χ1v) is 8.98. The van der Waals surface area contributed by atoms with Crippen molar-refractivity contribution in [3.05, 3.63) is 57.8 Å². The molecule has 2 aromatic rings. The molecular weight excluding hydrogens is 435 g/mol. The van der Waals surface area contributed by atoms with E-state index in [0.717, 1.165) is 17.4 Å². The van der Waals surface area contributed by atoms with Crippen molar-refractivity contribution in [2.45, 2.75) is 36.3 Å². The third kappa shape index (κ3) is 3.13. The molecule has 0 fully saturated rings. The molecule has 0 spiro atoms. The topological polar surface area (TPSA) is 17.1 Å². The van der Waals surface area contributed by atoms with Gasteiger partial charge in [0.1, 0.15) is 0 Å². The van der Waals surface area contributed by atoms with Crippen LogP contribution in [0.25, 0.3) is 0 Å². The molecule has 1 aliphatic carbocycles. The largest absolute Gasteiger partial charge is 0.460 e. The van der Waals surface area contributed by atoms with E-state index in [4.69, 9.17) is 0 Å². The highest BCUT2D eigenvalue weighted by Gasteiger charge is 2.83. The minimum atomic E-state index is -7.03. The Morgan fingerprint density at radius 1 is 0.828 bits per heavy atom. The normalized spacial score (nSPS) is 21.2. The molecule has 1 aliphatic rings. The standard InChI is InChI=1S/C18H11F9OS/c19-15(20,16(21,22)17(23,24)18(25,26)27)12-8-11(13-6-3-7-29-13)9-4-1-2-5-10(9)14(12)28/h1-7,11-12H,8H2. The van der Waals surface area contributed by atoms with Crippen LogP contribution in [0.5, 0.6) is 0 Å². The Kier molecular flexibility index (Phi) is 5.04. The van der Waals surface area contributed by atoms with Crippen molar-refractivity contribution in [1.29, 1.82) is 0 Å². The van der Waals surface area contributed by atoms with Gasteiger partial charge in [-0.15, -0.1) is 11.3 Å². The fourth-order valence-corrected chi connectivity index (χ4v) is 4.22. The third-order valence-electron chi connectivity index (χ3n) is 4.88. The predicted octanol–water partition coefficient (Wildman–Crippen LogP) is 6.55. The maximum atomic E-state index is 14.5. The van der Waals surface area contributed by atoms with Crippen molar-refractivity contribution in [1.82, 2.24) is 0 Å². The first-order chi connectivity index (χ1) is 13.2. The molecule has 1 nitrogen and oxygen atoms in total. The number of benzene rings is 1. The van der Waals surface area contributed by atoms with Gasteiger partial charge >= 0.3 is 23.9 Å². The number of carbonyl (C=O) groups is 1. The Hall–Kier alpha value is -2.04. The summed E-state index contributed by atoms with van der Waals surface area (Å²) < 4.78 is 121. The fraction of sp³-hybridized carbons (Fsp3) is 0.389. The minimum Gasteiger partial charge on any atom is -0.294 e. The quantitative estimate of drug-likeness (QED) is 0.487. The van der Waals surface area contributed by atoms with E-state index in [0.29, 0.717) is 4.88 Å². The van der Waals surface area contributed by atoms with Crippen molar-refractivity contribution < 1.29 is 44.3 Å². The summed E-state index contributed by atoms with van der Waals surface area (Å²) in [5.41, 5.74) is -0.189. The smallest absolute Gasteiger partial charge is 0.294 e. The van der Waals surface area contributed by atoms with E-state index in [2.05, 4.69) is 0 Å². The molecule has 2 unspecified atom stereocenters. The van der Waals surface area contributed by atoms with E-state index in [9.17, 15) is 44.3 Å². The first kappa shape index (κ1) is 21.7. The van der Waals surface area contributed by atoms with Crippen LogP contribution in [-0.4, -0.2) is 29.7 Å². The van der Waals surface area contributed by atoms with Gasteiger partial charge in [0.25, 0.3) is 0 Å². The average molecular weight is 446 g/mol.